The third-order valence-electron chi connectivity index (χ3n) is 3.73. The molecule has 1 amide bonds. The molecule has 6 heteroatoms. The maximum Gasteiger partial charge on any atom is 0.234 e. The molecule has 0 saturated heterocycles. The number of amides is 1. The van der Waals surface area contributed by atoms with Crippen molar-refractivity contribution in [1.29, 1.82) is 0 Å². The highest BCUT2D eigenvalue weighted by atomic mass is 16.6. The van der Waals surface area contributed by atoms with Crippen LogP contribution in [0.2, 0.25) is 0 Å². The number of carbonyl (C=O) groups excluding carboxylic acids is 1. The van der Waals surface area contributed by atoms with Gasteiger partial charge in [-0.05, 0) is 36.8 Å². The Balaban J connectivity index is 1.73. The van der Waals surface area contributed by atoms with E-state index >= 15 is 0 Å². The number of hydrogen-bond donors (Lipinski definition) is 1. The van der Waals surface area contributed by atoms with E-state index in [1.165, 1.54) is 0 Å². The molecule has 6 nitrogen and oxygen atoms in total. The summed E-state index contributed by atoms with van der Waals surface area (Å²) < 4.78 is 5.82. The Morgan fingerprint density at radius 3 is 2.74 bits per heavy atom. The number of para-hydroxylation sites is 2. The fourth-order valence-electron chi connectivity index (χ4n) is 2.39. The Labute approximate surface area is 133 Å². The highest BCUT2D eigenvalue weighted by Gasteiger charge is 2.53. The SMILES string of the molecule is Cc1cccc(Oc2ccccc2NC(=O)C2CC2[N+](=O)[O-])c1. The quantitative estimate of drug-likeness (QED) is 0.677. The molecule has 0 aliphatic heterocycles. The zero-order chi connectivity index (χ0) is 16.4. The topological polar surface area (TPSA) is 81.5 Å². The van der Waals surface area contributed by atoms with Gasteiger partial charge in [0.25, 0.3) is 0 Å². The number of benzene rings is 2. The Morgan fingerprint density at radius 2 is 2.04 bits per heavy atom. The van der Waals surface area contributed by atoms with E-state index in [2.05, 4.69) is 5.32 Å². The van der Waals surface area contributed by atoms with E-state index in [0.717, 1.165) is 5.56 Å². The van der Waals surface area contributed by atoms with Gasteiger partial charge in [0.05, 0.1) is 5.69 Å². The summed E-state index contributed by atoms with van der Waals surface area (Å²) in [4.78, 5) is 22.3. The lowest BCUT2D eigenvalue weighted by atomic mass is 10.2. The minimum Gasteiger partial charge on any atom is -0.455 e. The largest absolute Gasteiger partial charge is 0.455 e. The maximum atomic E-state index is 12.1. The van der Waals surface area contributed by atoms with Gasteiger partial charge in [0.1, 0.15) is 11.7 Å². The van der Waals surface area contributed by atoms with Crippen LogP contribution in [0.3, 0.4) is 0 Å². The highest BCUT2D eigenvalue weighted by molar-refractivity contribution is 5.96. The van der Waals surface area contributed by atoms with Crippen LogP contribution in [-0.2, 0) is 4.79 Å². The lowest BCUT2D eigenvalue weighted by molar-refractivity contribution is -0.497. The molecule has 0 bridgehead atoms. The Hall–Kier alpha value is -2.89. The Bertz CT molecular complexity index is 760. The Morgan fingerprint density at radius 1 is 1.26 bits per heavy atom. The van der Waals surface area contributed by atoms with Crippen LogP contribution in [-0.4, -0.2) is 16.9 Å². The molecule has 0 aromatic heterocycles. The molecule has 2 aromatic carbocycles. The summed E-state index contributed by atoms with van der Waals surface area (Å²) in [6, 6.07) is 13.8. The molecule has 0 spiro atoms. The van der Waals surface area contributed by atoms with Gasteiger partial charge in [0, 0.05) is 11.3 Å². The maximum absolute atomic E-state index is 12.1. The second kappa shape index (κ2) is 6.08. The van der Waals surface area contributed by atoms with Crippen LogP contribution in [0.25, 0.3) is 0 Å². The van der Waals surface area contributed by atoms with Crippen molar-refractivity contribution in [3.05, 3.63) is 64.2 Å². The molecule has 23 heavy (non-hydrogen) atoms. The van der Waals surface area contributed by atoms with E-state index in [1.807, 2.05) is 31.2 Å². The second-order valence-corrected chi connectivity index (χ2v) is 5.60. The molecule has 1 fully saturated rings. The van der Waals surface area contributed by atoms with Gasteiger partial charge in [-0.1, -0.05) is 24.3 Å². The highest BCUT2D eigenvalue weighted by Crippen LogP contribution is 2.36. The summed E-state index contributed by atoms with van der Waals surface area (Å²) in [7, 11) is 0. The molecular formula is C17H16N2O4. The van der Waals surface area contributed by atoms with Crippen LogP contribution < -0.4 is 10.1 Å². The van der Waals surface area contributed by atoms with Crippen molar-refractivity contribution in [3.63, 3.8) is 0 Å². The fourth-order valence-corrected chi connectivity index (χ4v) is 2.39. The van der Waals surface area contributed by atoms with Crippen molar-refractivity contribution < 1.29 is 14.5 Å². The first-order valence-corrected chi connectivity index (χ1v) is 7.32. The molecule has 3 rings (SSSR count). The number of nitrogens with one attached hydrogen (secondary N) is 1. The van der Waals surface area contributed by atoms with E-state index in [4.69, 9.17) is 4.74 Å². The smallest absolute Gasteiger partial charge is 0.234 e. The number of aryl methyl sites for hydroxylation is 1. The predicted octanol–water partition coefficient (Wildman–Crippen LogP) is 3.39. The summed E-state index contributed by atoms with van der Waals surface area (Å²) in [5, 5.41) is 13.4. The minimum atomic E-state index is -0.764. The predicted molar refractivity (Wildman–Crippen MR) is 85.2 cm³/mol. The van der Waals surface area contributed by atoms with Crippen molar-refractivity contribution in [1.82, 2.24) is 0 Å². The van der Waals surface area contributed by atoms with Gasteiger partial charge in [0.15, 0.2) is 5.75 Å². The number of nitro groups is 1. The van der Waals surface area contributed by atoms with Crippen LogP contribution in [0.15, 0.2) is 48.5 Å². The van der Waals surface area contributed by atoms with Gasteiger partial charge < -0.3 is 10.1 Å². The number of carbonyl (C=O) groups is 1. The summed E-state index contributed by atoms with van der Waals surface area (Å²) in [5.74, 6) is 0.273. The summed E-state index contributed by atoms with van der Waals surface area (Å²) >= 11 is 0. The van der Waals surface area contributed by atoms with Gasteiger partial charge in [-0.15, -0.1) is 0 Å². The van der Waals surface area contributed by atoms with E-state index in [1.54, 1.807) is 24.3 Å². The molecule has 2 unspecified atom stereocenters. The average molecular weight is 312 g/mol. The molecule has 1 aliphatic carbocycles. The van der Waals surface area contributed by atoms with Crippen LogP contribution in [0.5, 0.6) is 11.5 Å². The molecular weight excluding hydrogens is 296 g/mol. The van der Waals surface area contributed by atoms with E-state index in [9.17, 15) is 14.9 Å². The molecule has 118 valence electrons. The van der Waals surface area contributed by atoms with Gasteiger partial charge in [-0.3, -0.25) is 14.9 Å². The van der Waals surface area contributed by atoms with Crippen molar-refractivity contribution in [2.45, 2.75) is 19.4 Å². The first kappa shape index (κ1) is 15.0. The Kier molecular flexibility index (Phi) is 3.97. The third-order valence-corrected chi connectivity index (χ3v) is 3.73. The first-order chi connectivity index (χ1) is 11.0. The third kappa shape index (κ3) is 3.48. The second-order valence-electron chi connectivity index (χ2n) is 5.60. The molecule has 2 atom stereocenters. The van der Waals surface area contributed by atoms with Crippen molar-refractivity contribution in [2.24, 2.45) is 5.92 Å². The zero-order valence-corrected chi connectivity index (χ0v) is 12.6. The molecule has 0 heterocycles. The number of nitrogens with zero attached hydrogens (tertiary/aromatic N) is 1. The lowest BCUT2D eigenvalue weighted by Crippen LogP contribution is -2.18. The molecule has 0 radical (unpaired) electrons. The number of ether oxygens (including phenoxy) is 1. The molecule has 1 saturated carbocycles. The first-order valence-electron chi connectivity index (χ1n) is 7.32. The lowest BCUT2D eigenvalue weighted by Gasteiger charge is -2.12. The van der Waals surface area contributed by atoms with Gasteiger partial charge in [-0.2, -0.15) is 0 Å². The van der Waals surface area contributed by atoms with E-state index in [0.29, 0.717) is 23.6 Å². The number of anilines is 1. The van der Waals surface area contributed by atoms with Gasteiger partial charge in [0.2, 0.25) is 11.9 Å². The van der Waals surface area contributed by atoms with Crippen molar-refractivity contribution >= 4 is 11.6 Å². The summed E-state index contributed by atoms with van der Waals surface area (Å²) in [5.41, 5.74) is 1.57. The van der Waals surface area contributed by atoms with Crippen LogP contribution in [0, 0.1) is 23.0 Å². The van der Waals surface area contributed by atoms with E-state index in [-0.39, 0.29) is 5.91 Å². The standard InChI is InChI=1S/C17H16N2O4/c1-11-5-4-6-12(9-11)23-16-8-3-2-7-14(16)18-17(20)13-10-15(13)19(21)22/h2-9,13,15H,10H2,1H3,(H,18,20). The zero-order valence-electron chi connectivity index (χ0n) is 12.6. The minimum absolute atomic E-state index is 0.291. The summed E-state index contributed by atoms with van der Waals surface area (Å²) in [6.07, 6.45) is 0.291. The number of rotatable bonds is 5. The van der Waals surface area contributed by atoms with Crippen LogP contribution in [0.1, 0.15) is 12.0 Å². The average Bonchev–Trinajstić information content (AvgIpc) is 3.30. The normalized spacial score (nSPS) is 19.0. The fraction of sp³-hybridized carbons (Fsp3) is 0.235. The van der Waals surface area contributed by atoms with Crippen LogP contribution in [0.4, 0.5) is 5.69 Å². The molecule has 2 aromatic rings. The molecule has 1 aliphatic rings. The van der Waals surface area contributed by atoms with Crippen LogP contribution >= 0.6 is 0 Å². The number of hydrogen-bond acceptors (Lipinski definition) is 4. The monoisotopic (exact) mass is 312 g/mol. The van der Waals surface area contributed by atoms with Crippen molar-refractivity contribution in [2.75, 3.05) is 5.32 Å². The van der Waals surface area contributed by atoms with Gasteiger partial charge >= 0.3 is 0 Å². The van der Waals surface area contributed by atoms with Gasteiger partial charge in [-0.25, -0.2) is 0 Å². The molecule has 1 N–H and O–H groups in total. The van der Waals surface area contributed by atoms with E-state index < -0.39 is 16.9 Å². The van der Waals surface area contributed by atoms with Crippen molar-refractivity contribution in [3.8, 4) is 11.5 Å². The summed E-state index contributed by atoms with van der Waals surface area (Å²) in [6.45, 7) is 1.96.